The van der Waals surface area contributed by atoms with Crippen molar-refractivity contribution in [2.45, 2.75) is 31.3 Å². The average molecular weight is 230 g/mol. The van der Waals surface area contributed by atoms with Gasteiger partial charge in [-0.2, -0.15) is 11.8 Å². The minimum Gasteiger partial charge on any atom is -0.379 e. The molecule has 2 fully saturated rings. The molecule has 2 aliphatic rings. The Morgan fingerprint density at radius 1 is 1.60 bits per heavy atom. The van der Waals surface area contributed by atoms with Gasteiger partial charge in [0.2, 0.25) is 0 Å². The number of morpholine rings is 1. The summed E-state index contributed by atoms with van der Waals surface area (Å²) >= 11 is 2.06. The molecule has 0 aromatic heterocycles. The number of nitrogens with two attached hydrogens (primary N) is 1. The fraction of sp³-hybridized carbons (Fsp3) is 1.00. The molecule has 4 heteroatoms. The second-order valence-corrected chi connectivity index (χ2v) is 5.81. The van der Waals surface area contributed by atoms with Gasteiger partial charge >= 0.3 is 0 Å². The van der Waals surface area contributed by atoms with Gasteiger partial charge < -0.3 is 10.5 Å². The lowest BCUT2D eigenvalue weighted by Crippen LogP contribution is -2.63. The molecule has 15 heavy (non-hydrogen) atoms. The smallest absolute Gasteiger partial charge is 0.0620 e. The molecule has 0 spiro atoms. The standard InChI is InChI=1S/C11H22N2OS/c1-10-7-14-5-4-13(10)11(8-12)3-2-6-15-9-11/h10H,2-9,12H2,1H3. The molecule has 2 unspecified atom stereocenters. The third kappa shape index (κ3) is 2.33. The van der Waals surface area contributed by atoms with Crippen molar-refractivity contribution >= 4 is 11.8 Å². The molecule has 0 aromatic rings. The van der Waals surface area contributed by atoms with Gasteiger partial charge in [0.15, 0.2) is 0 Å². The van der Waals surface area contributed by atoms with Gasteiger partial charge in [0.1, 0.15) is 0 Å². The van der Waals surface area contributed by atoms with Crippen molar-refractivity contribution in [2.75, 3.05) is 37.8 Å². The highest BCUT2D eigenvalue weighted by Gasteiger charge is 2.40. The van der Waals surface area contributed by atoms with Crippen LogP contribution in [0.15, 0.2) is 0 Å². The maximum Gasteiger partial charge on any atom is 0.0620 e. The van der Waals surface area contributed by atoms with Crippen LogP contribution in [-0.2, 0) is 4.74 Å². The molecule has 2 atom stereocenters. The first-order valence-corrected chi connectivity index (χ1v) is 7.06. The monoisotopic (exact) mass is 230 g/mol. The highest BCUT2D eigenvalue weighted by molar-refractivity contribution is 7.99. The zero-order chi connectivity index (χ0) is 10.7. The number of ether oxygens (including phenoxy) is 1. The fourth-order valence-corrected chi connectivity index (χ4v) is 4.07. The van der Waals surface area contributed by atoms with E-state index < -0.39 is 0 Å². The Hall–Kier alpha value is 0.230. The third-order valence-electron chi connectivity index (χ3n) is 3.66. The summed E-state index contributed by atoms with van der Waals surface area (Å²) in [7, 11) is 0. The van der Waals surface area contributed by atoms with E-state index in [1.54, 1.807) is 0 Å². The van der Waals surface area contributed by atoms with E-state index in [0.29, 0.717) is 6.04 Å². The minimum absolute atomic E-state index is 0.256. The van der Waals surface area contributed by atoms with Crippen LogP contribution >= 0.6 is 11.8 Å². The minimum atomic E-state index is 0.256. The Morgan fingerprint density at radius 2 is 2.47 bits per heavy atom. The normalized spacial score (nSPS) is 39.2. The van der Waals surface area contributed by atoms with Crippen LogP contribution in [0.25, 0.3) is 0 Å². The predicted molar refractivity (Wildman–Crippen MR) is 65.3 cm³/mol. The summed E-state index contributed by atoms with van der Waals surface area (Å²) in [6.07, 6.45) is 2.58. The van der Waals surface area contributed by atoms with Crippen LogP contribution in [0.1, 0.15) is 19.8 Å². The molecule has 0 bridgehead atoms. The largest absolute Gasteiger partial charge is 0.379 e. The second-order valence-electron chi connectivity index (χ2n) is 4.70. The summed E-state index contributed by atoms with van der Waals surface area (Å²) in [5, 5.41) is 0. The van der Waals surface area contributed by atoms with Crippen molar-refractivity contribution in [2.24, 2.45) is 5.73 Å². The molecule has 88 valence electrons. The van der Waals surface area contributed by atoms with Gasteiger partial charge in [-0.25, -0.2) is 0 Å². The molecule has 2 aliphatic heterocycles. The van der Waals surface area contributed by atoms with Gasteiger partial charge in [-0.15, -0.1) is 0 Å². The lowest BCUT2D eigenvalue weighted by molar-refractivity contribution is -0.0525. The first-order chi connectivity index (χ1) is 7.28. The molecule has 2 rings (SSSR count). The van der Waals surface area contributed by atoms with E-state index in [1.165, 1.54) is 24.3 Å². The molecule has 2 N–H and O–H groups in total. The van der Waals surface area contributed by atoms with Gasteiger partial charge in [-0.05, 0) is 25.5 Å². The summed E-state index contributed by atoms with van der Waals surface area (Å²) in [5.74, 6) is 2.51. The van der Waals surface area contributed by atoms with Crippen LogP contribution in [0.4, 0.5) is 0 Å². The Balaban J connectivity index is 2.08. The van der Waals surface area contributed by atoms with Crippen molar-refractivity contribution in [3.05, 3.63) is 0 Å². The molecule has 0 amide bonds. The summed E-state index contributed by atoms with van der Waals surface area (Å²) in [6, 6.07) is 0.529. The van der Waals surface area contributed by atoms with Crippen molar-refractivity contribution < 1.29 is 4.74 Å². The lowest BCUT2D eigenvalue weighted by Gasteiger charge is -2.50. The highest BCUT2D eigenvalue weighted by atomic mass is 32.2. The van der Waals surface area contributed by atoms with Crippen LogP contribution in [-0.4, -0.2) is 54.3 Å². The molecule has 3 nitrogen and oxygen atoms in total. The summed E-state index contributed by atoms with van der Waals surface area (Å²) in [6.45, 7) is 5.85. The van der Waals surface area contributed by atoms with E-state index in [-0.39, 0.29) is 5.54 Å². The van der Waals surface area contributed by atoms with E-state index >= 15 is 0 Å². The van der Waals surface area contributed by atoms with Gasteiger partial charge in [0.05, 0.1) is 13.2 Å². The Bertz CT molecular complexity index is 207. The number of hydrogen-bond donors (Lipinski definition) is 1. The molecule has 2 saturated heterocycles. The quantitative estimate of drug-likeness (QED) is 0.766. The average Bonchev–Trinajstić information content (AvgIpc) is 2.30. The maximum atomic E-state index is 6.04. The topological polar surface area (TPSA) is 38.5 Å². The van der Waals surface area contributed by atoms with Crippen LogP contribution in [0, 0.1) is 0 Å². The van der Waals surface area contributed by atoms with Crippen molar-refractivity contribution in [3.63, 3.8) is 0 Å². The summed E-state index contributed by atoms with van der Waals surface area (Å²) < 4.78 is 5.50. The molecule has 0 aliphatic carbocycles. The van der Waals surface area contributed by atoms with E-state index in [9.17, 15) is 0 Å². The Morgan fingerprint density at radius 3 is 3.07 bits per heavy atom. The van der Waals surface area contributed by atoms with E-state index in [0.717, 1.165) is 26.3 Å². The first-order valence-electron chi connectivity index (χ1n) is 5.91. The van der Waals surface area contributed by atoms with Crippen LogP contribution in [0.5, 0.6) is 0 Å². The van der Waals surface area contributed by atoms with Gasteiger partial charge in [-0.1, -0.05) is 0 Å². The van der Waals surface area contributed by atoms with Crippen LogP contribution in [0.2, 0.25) is 0 Å². The second kappa shape index (κ2) is 5.04. The summed E-state index contributed by atoms with van der Waals surface area (Å²) in [4.78, 5) is 2.60. The van der Waals surface area contributed by atoms with Crippen LogP contribution < -0.4 is 5.73 Å². The molecular formula is C11H22N2OS. The highest BCUT2D eigenvalue weighted by Crippen LogP contribution is 2.33. The Labute approximate surface area is 96.7 Å². The van der Waals surface area contributed by atoms with Crippen molar-refractivity contribution in [1.29, 1.82) is 0 Å². The SMILES string of the molecule is CC1COCCN1C1(CN)CCCSC1. The maximum absolute atomic E-state index is 6.04. The van der Waals surface area contributed by atoms with Gasteiger partial charge in [0.25, 0.3) is 0 Å². The number of hydrogen-bond acceptors (Lipinski definition) is 4. The fourth-order valence-electron chi connectivity index (χ4n) is 2.77. The molecule has 0 saturated carbocycles. The zero-order valence-corrected chi connectivity index (χ0v) is 10.4. The van der Waals surface area contributed by atoms with Crippen LogP contribution in [0.3, 0.4) is 0 Å². The molecular weight excluding hydrogens is 208 g/mol. The van der Waals surface area contributed by atoms with Gasteiger partial charge in [-0.3, -0.25) is 4.90 Å². The number of thioether (sulfide) groups is 1. The molecule has 0 aromatic carbocycles. The lowest BCUT2D eigenvalue weighted by atomic mass is 9.91. The van der Waals surface area contributed by atoms with Crippen molar-refractivity contribution in [3.8, 4) is 0 Å². The molecule has 0 radical (unpaired) electrons. The number of rotatable bonds is 2. The van der Waals surface area contributed by atoms with Gasteiger partial charge in [0, 0.05) is 30.4 Å². The first kappa shape index (κ1) is 11.7. The third-order valence-corrected chi connectivity index (χ3v) is 4.98. The zero-order valence-electron chi connectivity index (χ0n) is 9.58. The predicted octanol–water partition coefficient (Wildman–Crippen LogP) is 0.932. The van der Waals surface area contributed by atoms with E-state index in [1.807, 2.05) is 0 Å². The number of nitrogens with zero attached hydrogens (tertiary/aromatic N) is 1. The molecule has 2 heterocycles. The van der Waals surface area contributed by atoms with E-state index in [4.69, 9.17) is 10.5 Å². The van der Waals surface area contributed by atoms with Crippen molar-refractivity contribution in [1.82, 2.24) is 4.90 Å². The van der Waals surface area contributed by atoms with E-state index in [2.05, 4.69) is 23.6 Å². The summed E-state index contributed by atoms with van der Waals surface area (Å²) in [5.41, 5.74) is 6.29. The Kier molecular flexibility index (Phi) is 3.93.